The molecule has 1 aliphatic carbocycles. The highest BCUT2D eigenvalue weighted by molar-refractivity contribution is 7.14. The largest absolute Gasteiger partial charge is 0.496 e. The molecule has 1 saturated heterocycles. The van der Waals surface area contributed by atoms with Gasteiger partial charge in [0.1, 0.15) is 36.0 Å². The summed E-state index contributed by atoms with van der Waals surface area (Å²) >= 11 is 13.5. The van der Waals surface area contributed by atoms with Crippen LogP contribution in [0.5, 0.6) is 16.7 Å². The van der Waals surface area contributed by atoms with Crippen LogP contribution in [0.4, 0.5) is 14.0 Å². The second-order valence-electron chi connectivity index (χ2n) is 16.3. The Labute approximate surface area is 346 Å². The Morgan fingerprint density at radius 2 is 1.61 bits per heavy atom. The Morgan fingerprint density at radius 3 is 2.25 bits per heavy atom. The van der Waals surface area contributed by atoms with Crippen molar-refractivity contribution in [2.45, 2.75) is 104 Å². The van der Waals surface area contributed by atoms with E-state index in [1.165, 1.54) is 11.3 Å². The highest BCUT2D eigenvalue weighted by Crippen LogP contribution is 2.44. The van der Waals surface area contributed by atoms with Gasteiger partial charge < -0.3 is 33.5 Å². The molecule has 3 heterocycles. The first-order valence-electron chi connectivity index (χ1n) is 18.9. The van der Waals surface area contributed by atoms with Gasteiger partial charge in [-0.15, -0.1) is 0 Å². The van der Waals surface area contributed by atoms with Gasteiger partial charge in [0.05, 0.1) is 34.1 Å². The number of ether oxygens (including phenoxy) is 5. The van der Waals surface area contributed by atoms with Gasteiger partial charge in [0.25, 0.3) is 11.1 Å². The van der Waals surface area contributed by atoms with Crippen LogP contribution in [-0.4, -0.2) is 101 Å². The zero-order valence-corrected chi connectivity index (χ0v) is 35.8. The molecule has 2 aromatic carbocycles. The maximum Gasteiger partial charge on any atom is 0.411 e. The van der Waals surface area contributed by atoms with E-state index in [1.54, 1.807) is 64.6 Å². The number of carbonyl (C=O) groups excluding carboxylic acids is 3. The number of aromatic nitrogens is 1. The molecule has 3 aromatic rings. The number of hydrogen-bond acceptors (Lipinski definition) is 10. The van der Waals surface area contributed by atoms with Crippen molar-refractivity contribution in [1.82, 2.24) is 19.7 Å². The topological polar surface area (TPSA) is 120 Å². The Kier molecular flexibility index (Phi) is 12.6. The molecule has 0 spiro atoms. The van der Waals surface area contributed by atoms with Gasteiger partial charge in [-0.25, -0.2) is 19.0 Å². The predicted molar refractivity (Wildman–Crippen MR) is 216 cm³/mol. The molecule has 2 unspecified atom stereocenters. The van der Waals surface area contributed by atoms with Crippen LogP contribution in [0.15, 0.2) is 42.1 Å². The minimum absolute atomic E-state index is 0.0138. The fourth-order valence-electron chi connectivity index (χ4n) is 7.03. The summed E-state index contributed by atoms with van der Waals surface area (Å²) in [5, 5.41) is 0.400. The Morgan fingerprint density at radius 1 is 0.965 bits per heavy atom. The van der Waals surface area contributed by atoms with Gasteiger partial charge >= 0.3 is 12.2 Å². The third kappa shape index (κ3) is 10.1. The molecule has 2 atom stereocenters. The molecule has 2 fully saturated rings. The molecule has 57 heavy (non-hydrogen) atoms. The number of thiazole rings is 1. The molecular weight excluding hydrogens is 798 g/mol. The minimum Gasteiger partial charge on any atom is -0.496 e. The van der Waals surface area contributed by atoms with Crippen LogP contribution in [0.3, 0.4) is 0 Å². The molecule has 2 aliphatic heterocycles. The third-order valence-electron chi connectivity index (χ3n) is 9.64. The maximum atomic E-state index is 15.3. The average molecular weight is 848 g/mol. The number of nitrogens with zero attached hydrogens (tertiary/aromatic N) is 4. The van der Waals surface area contributed by atoms with Crippen LogP contribution < -0.4 is 14.2 Å². The average Bonchev–Trinajstić information content (AvgIpc) is 3.84. The SMILES string of the molecule is COc1cccc(CN(C(=O)C2=C(c3cnc(OCCOc4c(Cl)cc(F)cc4Cl)s3)CC3CN(C(=O)OC(C)(C)C)CC2N3C(=O)OC(C)(C)C)C2CC2)c1C. The summed E-state index contributed by atoms with van der Waals surface area (Å²) < 4.78 is 42.6. The highest BCUT2D eigenvalue weighted by Gasteiger charge is 2.51. The Bertz CT molecular complexity index is 2020. The van der Waals surface area contributed by atoms with Crippen LogP contribution in [0.25, 0.3) is 5.57 Å². The van der Waals surface area contributed by atoms with Crippen molar-refractivity contribution in [3.05, 3.63) is 74.0 Å². The molecule has 2 bridgehead atoms. The van der Waals surface area contributed by atoms with Gasteiger partial charge in [-0.2, -0.15) is 0 Å². The van der Waals surface area contributed by atoms with E-state index in [-0.39, 0.29) is 60.5 Å². The van der Waals surface area contributed by atoms with Crippen LogP contribution in [0.1, 0.15) is 76.8 Å². The van der Waals surface area contributed by atoms with Crippen molar-refractivity contribution in [3.63, 3.8) is 0 Å². The van der Waals surface area contributed by atoms with Gasteiger partial charge in [-0.1, -0.05) is 46.7 Å². The first-order chi connectivity index (χ1) is 26.8. The number of amides is 3. The van der Waals surface area contributed by atoms with Crippen molar-refractivity contribution >= 4 is 58.2 Å². The lowest BCUT2D eigenvalue weighted by Gasteiger charge is -2.51. The molecule has 308 valence electrons. The summed E-state index contributed by atoms with van der Waals surface area (Å²) in [5.74, 6) is 0.0453. The smallest absolute Gasteiger partial charge is 0.411 e. The number of hydrogen-bond donors (Lipinski definition) is 0. The first-order valence-corrected chi connectivity index (χ1v) is 20.4. The lowest BCUT2D eigenvalue weighted by molar-refractivity contribution is -0.129. The summed E-state index contributed by atoms with van der Waals surface area (Å²) in [6, 6.07) is 6.58. The Balaban J connectivity index is 1.37. The van der Waals surface area contributed by atoms with Crippen molar-refractivity contribution in [2.24, 2.45) is 0 Å². The fraction of sp³-hybridized carbons (Fsp3) is 0.512. The zero-order chi connectivity index (χ0) is 41.4. The number of halogens is 3. The van der Waals surface area contributed by atoms with Gasteiger partial charge in [-0.05, 0) is 103 Å². The number of fused-ring (bicyclic) bond motifs is 2. The molecule has 1 aromatic heterocycles. The van der Waals surface area contributed by atoms with Crippen molar-refractivity contribution < 1.29 is 42.5 Å². The molecule has 16 heteroatoms. The maximum absolute atomic E-state index is 15.3. The summed E-state index contributed by atoms with van der Waals surface area (Å²) in [7, 11) is 1.62. The van der Waals surface area contributed by atoms with Crippen LogP contribution in [0, 0.1) is 12.7 Å². The number of piperazine rings is 1. The monoisotopic (exact) mass is 846 g/mol. The quantitative estimate of drug-likeness (QED) is 0.174. The minimum atomic E-state index is -0.861. The predicted octanol–water partition coefficient (Wildman–Crippen LogP) is 8.94. The van der Waals surface area contributed by atoms with Gasteiger partial charge in [0, 0.05) is 37.4 Å². The standard InChI is InChI=1S/C41H49Cl2FN4O8S/c1-23-24(10-9-11-32(23)52-8)20-47(26-12-13-26)36(49)34-28(33-19-45-37(57-33)54-15-14-53-35-29(42)16-25(44)17-30(35)43)18-27-21-46(38(50)55-40(2,3)4)22-31(34)48(27)39(51)56-41(5,6)7/h9-11,16-17,19,26-27,31H,12-15,18,20-22H2,1-8H3. The molecule has 0 radical (unpaired) electrons. The number of methoxy groups -OCH3 is 1. The Hall–Kier alpha value is -4.27. The highest BCUT2D eigenvalue weighted by atomic mass is 35.5. The van der Waals surface area contributed by atoms with Gasteiger partial charge in [0.15, 0.2) is 5.75 Å². The fourth-order valence-corrected chi connectivity index (χ4v) is 8.45. The second kappa shape index (κ2) is 16.9. The van der Waals surface area contributed by atoms with E-state index < -0.39 is 41.3 Å². The lowest BCUT2D eigenvalue weighted by atomic mass is 9.83. The zero-order valence-electron chi connectivity index (χ0n) is 33.4. The number of benzene rings is 2. The summed E-state index contributed by atoms with van der Waals surface area (Å²) in [5.41, 5.74) is 1.41. The third-order valence-corrected chi connectivity index (χ3v) is 11.2. The molecular formula is C41H49Cl2FN4O8S. The van der Waals surface area contributed by atoms with E-state index in [1.807, 2.05) is 30.0 Å². The van der Waals surface area contributed by atoms with Gasteiger partial charge in [0.2, 0.25) is 0 Å². The van der Waals surface area contributed by atoms with Crippen LogP contribution in [0.2, 0.25) is 10.0 Å². The normalized spacial score (nSPS) is 18.3. The molecule has 12 nitrogen and oxygen atoms in total. The summed E-state index contributed by atoms with van der Waals surface area (Å²) in [6.45, 7) is 13.4. The van der Waals surface area contributed by atoms with E-state index in [0.717, 1.165) is 47.4 Å². The van der Waals surface area contributed by atoms with E-state index in [0.29, 0.717) is 22.2 Å². The molecule has 3 amide bonds. The van der Waals surface area contributed by atoms with E-state index in [9.17, 15) is 14.0 Å². The van der Waals surface area contributed by atoms with Crippen molar-refractivity contribution in [2.75, 3.05) is 33.4 Å². The van der Waals surface area contributed by atoms with E-state index in [2.05, 4.69) is 4.98 Å². The molecule has 0 N–H and O–H groups in total. The number of carbonyl (C=O) groups is 3. The van der Waals surface area contributed by atoms with Crippen molar-refractivity contribution in [3.8, 4) is 16.7 Å². The van der Waals surface area contributed by atoms with Crippen molar-refractivity contribution in [1.29, 1.82) is 0 Å². The second-order valence-corrected chi connectivity index (χ2v) is 18.1. The first kappa shape index (κ1) is 42.3. The van der Waals surface area contributed by atoms with Crippen LogP contribution >= 0.6 is 34.5 Å². The number of rotatable bonds is 11. The van der Waals surface area contributed by atoms with E-state index in [4.69, 9.17) is 46.9 Å². The van der Waals surface area contributed by atoms with Crippen LogP contribution in [-0.2, 0) is 20.8 Å². The summed E-state index contributed by atoms with van der Waals surface area (Å²) in [4.78, 5) is 53.4. The van der Waals surface area contributed by atoms with E-state index >= 15 is 4.79 Å². The molecule has 1 saturated carbocycles. The van der Waals surface area contributed by atoms with Gasteiger partial charge in [-0.3, -0.25) is 9.69 Å². The molecule has 3 aliphatic rings. The molecule has 6 rings (SSSR count). The lowest BCUT2D eigenvalue weighted by Crippen LogP contribution is -2.66. The summed E-state index contributed by atoms with van der Waals surface area (Å²) in [6.07, 6.45) is 2.47.